The first-order valence-corrected chi connectivity index (χ1v) is 11.5. The molecule has 2 aliphatic rings. The zero-order chi connectivity index (χ0) is 19.1. The lowest BCUT2D eigenvalue weighted by atomic mass is 10.1. The van der Waals surface area contributed by atoms with Crippen LogP contribution >= 0.6 is 23.4 Å². The number of ether oxygens (including phenoxy) is 1. The summed E-state index contributed by atoms with van der Waals surface area (Å²) < 4.78 is 29.3. The van der Waals surface area contributed by atoms with Crippen molar-refractivity contribution in [1.29, 1.82) is 0 Å². The van der Waals surface area contributed by atoms with Crippen LogP contribution in [0.1, 0.15) is 20.3 Å². The van der Waals surface area contributed by atoms with Crippen LogP contribution in [0.15, 0.2) is 23.2 Å². The van der Waals surface area contributed by atoms with Crippen molar-refractivity contribution in [2.75, 3.05) is 23.5 Å². The highest BCUT2D eigenvalue weighted by molar-refractivity contribution is 8.16. The summed E-state index contributed by atoms with van der Waals surface area (Å²) in [5.41, 5.74) is 0.712. The maximum atomic E-state index is 12.3. The van der Waals surface area contributed by atoms with Crippen molar-refractivity contribution >= 4 is 50.0 Å². The Kier molecular flexibility index (Phi) is 5.55. The summed E-state index contributed by atoms with van der Waals surface area (Å²) >= 11 is 7.61. The number of carbonyl (C=O) groups excluding carboxylic acids is 1. The van der Waals surface area contributed by atoms with Gasteiger partial charge in [0.25, 0.3) is 5.91 Å². The molecule has 9 heteroatoms. The molecule has 0 saturated carbocycles. The van der Waals surface area contributed by atoms with Crippen LogP contribution in [0, 0.1) is 5.92 Å². The van der Waals surface area contributed by atoms with E-state index in [1.807, 2.05) is 24.8 Å². The summed E-state index contributed by atoms with van der Waals surface area (Å²) in [4.78, 5) is 18.5. The first kappa shape index (κ1) is 19.5. The van der Waals surface area contributed by atoms with Crippen LogP contribution in [-0.2, 0) is 14.6 Å². The lowest BCUT2D eigenvalue weighted by molar-refractivity contribution is -0.121. The molecule has 0 N–H and O–H groups in total. The molecule has 0 spiro atoms. The minimum absolute atomic E-state index is 0.0465. The van der Waals surface area contributed by atoms with Gasteiger partial charge in [-0.25, -0.2) is 8.42 Å². The number of amides is 1. The zero-order valence-corrected chi connectivity index (χ0v) is 17.2. The van der Waals surface area contributed by atoms with Crippen molar-refractivity contribution in [3.63, 3.8) is 0 Å². The number of carbonyl (C=O) groups is 1. The smallest absolute Gasteiger partial charge is 0.250 e. The number of thioether (sulfide) groups is 1. The van der Waals surface area contributed by atoms with E-state index in [1.54, 1.807) is 12.1 Å². The molecule has 2 aliphatic heterocycles. The van der Waals surface area contributed by atoms with Crippen LogP contribution in [0.2, 0.25) is 5.02 Å². The largest absolute Gasteiger partial charge is 0.495 e. The van der Waals surface area contributed by atoms with Crippen LogP contribution in [0.4, 0.5) is 5.69 Å². The molecule has 2 heterocycles. The third kappa shape index (κ3) is 3.73. The fourth-order valence-corrected chi connectivity index (χ4v) is 7.22. The average molecular weight is 417 g/mol. The molecule has 1 amide bonds. The van der Waals surface area contributed by atoms with Gasteiger partial charge in [-0.3, -0.25) is 4.79 Å². The van der Waals surface area contributed by atoms with Gasteiger partial charge in [0.05, 0.1) is 29.7 Å². The summed E-state index contributed by atoms with van der Waals surface area (Å²) in [5, 5.41) is 0.831. The molecular formula is C17H21ClN2O4S2. The van der Waals surface area contributed by atoms with Gasteiger partial charge < -0.3 is 9.64 Å². The lowest BCUT2D eigenvalue weighted by Gasteiger charge is -2.25. The quantitative estimate of drug-likeness (QED) is 0.750. The van der Waals surface area contributed by atoms with Crippen LogP contribution in [0.3, 0.4) is 0 Å². The molecule has 0 radical (unpaired) electrons. The second-order valence-corrected chi connectivity index (χ2v) is 10.3. The van der Waals surface area contributed by atoms with Crippen LogP contribution in [-0.4, -0.2) is 49.4 Å². The first-order chi connectivity index (χ1) is 12.3. The topological polar surface area (TPSA) is 76.0 Å². The maximum absolute atomic E-state index is 12.3. The normalized spacial score (nSPS) is 26.8. The Morgan fingerprint density at radius 2 is 2.19 bits per heavy atom. The number of anilines is 1. The third-order valence-electron chi connectivity index (χ3n) is 4.72. The molecule has 2 fully saturated rings. The van der Waals surface area contributed by atoms with E-state index in [9.17, 15) is 13.2 Å². The predicted molar refractivity (Wildman–Crippen MR) is 106 cm³/mol. The van der Waals surface area contributed by atoms with Crippen molar-refractivity contribution in [3.05, 3.63) is 23.2 Å². The first-order valence-electron chi connectivity index (χ1n) is 8.38. The summed E-state index contributed by atoms with van der Waals surface area (Å²) in [6.07, 6.45) is 0.704. The fourth-order valence-electron chi connectivity index (χ4n) is 3.05. The molecule has 1 aromatic carbocycles. The van der Waals surface area contributed by atoms with Gasteiger partial charge in [0.1, 0.15) is 5.75 Å². The minimum atomic E-state index is -3.10. The van der Waals surface area contributed by atoms with Crippen LogP contribution in [0.5, 0.6) is 5.75 Å². The highest BCUT2D eigenvalue weighted by Gasteiger charge is 2.49. The zero-order valence-electron chi connectivity index (χ0n) is 14.8. The Bertz CT molecular complexity index is 856. The lowest BCUT2D eigenvalue weighted by Crippen LogP contribution is -2.37. The minimum Gasteiger partial charge on any atom is -0.495 e. The van der Waals surface area contributed by atoms with Crippen LogP contribution < -0.4 is 9.64 Å². The van der Waals surface area contributed by atoms with Gasteiger partial charge in [-0.15, -0.1) is 0 Å². The Balaban J connectivity index is 2.01. The van der Waals surface area contributed by atoms with Crippen molar-refractivity contribution in [3.8, 4) is 5.75 Å². The molecule has 2 saturated heterocycles. The molecule has 142 valence electrons. The molecule has 0 unspecified atom stereocenters. The summed E-state index contributed by atoms with van der Waals surface area (Å²) in [6, 6.07) is 5.00. The highest BCUT2D eigenvalue weighted by Crippen LogP contribution is 2.42. The Labute approximate surface area is 162 Å². The Hall–Kier alpha value is -1.25. The predicted octanol–water partition coefficient (Wildman–Crippen LogP) is 3.00. The van der Waals surface area contributed by atoms with E-state index in [4.69, 9.17) is 16.3 Å². The van der Waals surface area contributed by atoms with Gasteiger partial charge in [-0.2, -0.15) is 4.99 Å². The standard InChI is InChI=1S/C17H21ClN2O4S2/c1-4-10(2)16(21)19-17-20(11-5-6-14(24-3)12(18)7-11)13-8-26(22,23)9-15(13)25-17/h5-7,10,13,15H,4,8-9H2,1-3H3/t10-,13-,15+/m0/s1. The number of fused-ring (bicyclic) bond motifs is 1. The van der Waals surface area contributed by atoms with E-state index in [0.717, 1.165) is 0 Å². The summed E-state index contributed by atoms with van der Waals surface area (Å²) in [6.45, 7) is 3.78. The SMILES string of the molecule is CC[C@H](C)C(=O)N=C1S[C@@H]2CS(=O)(=O)C[C@@H]2N1c1ccc(OC)c(Cl)c1. The highest BCUT2D eigenvalue weighted by atomic mass is 35.5. The van der Waals surface area contributed by atoms with E-state index in [0.29, 0.717) is 28.0 Å². The van der Waals surface area contributed by atoms with Crippen molar-refractivity contribution in [2.24, 2.45) is 10.9 Å². The van der Waals surface area contributed by atoms with E-state index >= 15 is 0 Å². The van der Waals surface area contributed by atoms with Gasteiger partial charge in [-0.1, -0.05) is 37.2 Å². The monoisotopic (exact) mass is 416 g/mol. The second-order valence-electron chi connectivity index (χ2n) is 6.53. The number of hydrogen-bond acceptors (Lipinski definition) is 5. The fraction of sp³-hybridized carbons (Fsp3) is 0.529. The Morgan fingerprint density at radius 1 is 1.46 bits per heavy atom. The van der Waals surface area contributed by atoms with Gasteiger partial charge in [0.2, 0.25) is 0 Å². The number of hydrogen-bond donors (Lipinski definition) is 0. The van der Waals surface area contributed by atoms with Crippen molar-refractivity contribution in [2.45, 2.75) is 31.6 Å². The number of methoxy groups -OCH3 is 1. The number of sulfone groups is 1. The van der Waals surface area contributed by atoms with E-state index in [-0.39, 0.29) is 34.6 Å². The number of nitrogens with zero attached hydrogens (tertiary/aromatic N) is 2. The van der Waals surface area contributed by atoms with Crippen LogP contribution in [0.25, 0.3) is 0 Å². The van der Waals surface area contributed by atoms with Gasteiger partial charge in [0.15, 0.2) is 15.0 Å². The van der Waals surface area contributed by atoms with Gasteiger partial charge in [0, 0.05) is 16.9 Å². The molecule has 3 rings (SSSR count). The molecule has 0 aromatic heterocycles. The number of halogens is 1. The maximum Gasteiger partial charge on any atom is 0.250 e. The van der Waals surface area contributed by atoms with E-state index in [2.05, 4.69) is 4.99 Å². The number of amidine groups is 1. The molecule has 26 heavy (non-hydrogen) atoms. The molecule has 3 atom stereocenters. The number of benzene rings is 1. The van der Waals surface area contributed by atoms with Gasteiger partial charge >= 0.3 is 0 Å². The molecule has 0 bridgehead atoms. The number of aliphatic imine (C=N–C) groups is 1. The molecular weight excluding hydrogens is 396 g/mol. The summed E-state index contributed by atoms with van der Waals surface area (Å²) in [5.74, 6) is 0.312. The third-order valence-corrected chi connectivity index (χ3v) is 8.23. The number of rotatable bonds is 4. The molecule has 1 aromatic rings. The Morgan fingerprint density at radius 3 is 2.81 bits per heavy atom. The molecule has 0 aliphatic carbocycles. The summed E-state index contributed by atoms with van der Waals surface area (Å²) in [7, 11) is -1.57. The average Bonchev–Trinajstić information content (AvgIpc) is 3.04. The van der Waals surface area contributed by atoms with Crippen molar-refractivity contribution in [1.82, 2.24) is 0 Å². The second kappa shape index (κ2) is 7.40. The van der Waals surface area contributed by atoms with Crippen molar-refractivity contribution < 1.29 is 17.9 Å². The van der Waals surface area contributed by atoms with E-state index in [1.165, 1.54) is 18.9 Å². The molecule has 6 nitrogen and oxygen atoms in total. The van der Waals surface area contributed by atoms with E-state index < -0.39 is 9.84 Å². The van der Waals surface area contributed by atoms with Gasteiger partial charge in [-0.05, 0) is 24.6 Å².